The van der Waals surface area contributed by atoms with E-state index in [-0.39, 0.29) is 18.1 Å². The first-order valence-electron chi connectivity index (χ1n) is 8.25. The quantitative estimate of drug-likeness (QED) is 0.867. The average molecular weight is 337 g/mol. The zero-order valence-electron chi connectivity index (χ0n) is 14.5. The molecule has 5 heteroatoms. The fourth-order valence-electron chi connectivity index (χ4n) is 2.97. The molecule has 3 unspecified atom stereocenters. The maximum absolute atomic E-state index is 12.3. The molecule has 0 spiro atoms. The lowest BCUT2D eigenvalue weighted by Crippen LogP contribution is -2.52. The smallest absolute Gasteiger partial charge is 0.251 e. The maximum atomic E-state index is 12.3. The van der Waals surface area contributed by atoms with E-state index in [2.05, 4.69) is 37.2 Å². The van der Waals surface area contributed by atoms with Gasteiger partial charge in [0.15, 0.2) is 0 Å². The summed E-state index contributed by atoms with van der Waals surface area (Å²) >= 11 is 1.78. The third-order valence-electron chi connectivity index (χ3n) is 4.16. The van der Waals surface area contributed by atoms with Crippen molar-refractivity contribution >= 4 is 17.7 Å². The van der Waals surface area contributed by atoms with Gasteiger partial charge >= 0.3 is 0 Å². The third-order valence-corrected chi connectivity index (χ3v) is 4.78. The number of rotatable bonds is 6. The van der Waals surface area contributed by atoms with Crippen LogP contribution in [0.3, 0.4) is 0 Å². The molecule has 1 amide bonds. The van der Waals surface area contributed by atoms with E-state index in [1.165, 1.54) is 5.56 Å². The molecule has 0 radical (unpaired) electrons. The fraction of sp³-hybridized carbons (Fsp3) is 0.611. The number of nitrogens with zero attached hydrogens (tertiary/aromatic N) is 1. The number of benzene rings is 1. The normalized spacial score (nSPS) is 23.5. The van der Waals surface area contributed by atoms with Crippen LogP contribution in [0.15, 0.2) is 24.3 Å². The molecule has 3 atom stereocenters. The van der Waals surface area contributed by atoms with Crippen LogP contribution in [0.5, 0.6) is 0 Å². The van der Waals surface area contributed by atoms with Crippen molar-refractivity contribution < 1.29 is 9.53 Å². The van der Waals surface area contributed by atoms with E-state index in [0.717, 1.165) is 24.4 Å². The molecule has 2 rings (SSSR count). The summed E-state index contributed by atoms with van der Waals surface area (Å²) in [5.41, 5.74) is 1.98. The number of morpholine rings is 1. The van der Waals surface area contributed by atoms with E-state index >= 15 is 0 Å². The molecular formula is C18H28N2O2S. The number of hydrogen-bond acceptors (Lipinski definition) is 4. The van der Waals surface area contributed by atoms with E-state index < -0.39 is 0 Å². The average Bonchev–Trinajstić information content (AvgIpc) is 2.52. The van der Waals surface area contributed by atoms with Crippen molar-refractivity contribution in [2.24, 2.45) is 0 Å². The van der Waals surface area contributed by atoms with Gasteiger partial charge in [-0.2, -0.15) is 11.8 Å². The first kappa shape index (κ1) is 18.3. The Morgan fingerprint density at radius 1 is 1.30 bits per heavy atom. The van der Waals surface area contributed by atoms with Crippen molar-refractivity contribution in [2.75, 3.05) is 25.9 Å². The van der Waals surface area contributed by atoms with Gasteiger partial charge in [-0.25, -0.2) is 0 Å². The minimum atomic E-state index is 0.00177. The second-order valence-corrected chi connectivity index (χ2v) is 7.27. The van der Waals surface area contributed by atoms with Gasteiger partial charge in [0.1, 0.15) is 0 Å². The summed E-state index contributed by atoms with van der Waals surface area (Å²) in [6.45, 7) is 8.86. The van der Waals surface area contributed by atoms with E-state index in [1.54, 1.807) is 11.8 Å². The molecule has 1 heterocycles. The molecule has 0 aliphatic carbocycles. The van der Waals surface area contributed by atoms with Crippen LogP contribution in [0.4, 0.5) is 0 Å². The molecule has 128 valence electrons. The fourth-order valence-corrected chi connectivity index (χ4v) is 3.49. The summed E-state index contributed by atoms with van der Waals surface area (Å²) in [6.07, 6.45) is 2.58. The number of ether oxygens (including phenoxy) is 1. The van der Waals surface area contributed by atoms with Crippen molar-refractivity contribution in [3.63, 3.8) is 0 Å². The minimum Gasteiger partial charge on any atom is -0.373 e. The van der Waals surface area contributed by atoms with Crippen molar-refractivity contribution in [1.29, 1.82) is 0 Å². The first-order chi connectivity index (χ1) is 11.0. The van der Waals surface area contributed by atoms with Crippen LogP contribution in [0.1, 0.15) is 36.7 Å². The van der Waals surface area contributed by atoms with Crippen LogP contribution in [0.2, 0.25) is 0 Å². The topological polar surface area (TPSA) is 41.6 Å². The van der Waals surface area contributed by atoms with Crippen LogP contribution < -0.4 is 5.32 Å². The molecule has 1 aliphatic heterocycles. The Hall–Kier alpha value is -1.04. The van der Waals surface area contributed by atoms with Crippen LogP contribution >= 0.6 is 11.8 Å². The van der Waals surface area contributed by atoms with Crippen molar-refractivity contribution in [3.8, 4) is 0 Å². The standard InChI is InChI=1S/C18H28N2O2S/c1-13(20-10-14(2)22-15(3)11-20)9-19-18(21)17-7-5-16(6-8-17)12-23-4/h5-8,13-15H,9-12H2,1-4H3,(H,19,21). The molecule has 1 aromatic rings. The lowest BCUT2D eigenvalue weighted by molar-refractivity contribution is -0.0778. The van der Waals surface area contributed by atoms with Crippen molar-refractivity contribution in [3.05, 3.63) is 35.4 Å². The van der Waals surface area contributed by atoms with Gasteiger partial charge in [0.2, 0.25) is 0 Å². The number of hydrogen-bond donors (Lipinski definition) is 1. The second kappa shape index (κ2) is 8.71. The molecule has 0 saturated carbocycles. The Labute approximate surface area is 144 Å². The Bertz CT molecular complexity index is 496. The summed E-state index contributed by atoms with van der Waals surface area (Å²) in [4.78, 5) is 14.7. The summed E-state index contributed by atoms with van der Waals surface area (Å²) in [5.74, 6) is 0.980. The van der Waals surface area contributed by atoms with E-state index in [0.29, 0.717) is 12.6 Å². The highest BCUT2D eigenvalue weighted by atomic mass is 32.2. The van der Waals surface area contributed by atoms with E-state index in [1.807, 2.05) is 24.3 Å². The van der Waals surface area contributed by atoms with Gasteiger partial charge in [0, 0.05) is 37.0 Å². The zero-order chi connectivity index (χ0) is 16.8. The Morgan fingerprint density at radius 3 is 2.48 bits per heavy atom. The van der Waals surface area contributed by atoms with Crippen LogP contribution in [-0.4, -0.2) is 54.9 Å². The number of carbonyl (C=O) groups is 1. The molecular weight excluding hydrogens is 308 g/mol. The predicted octanol–water partition coefficient (Wildman–Crippen LogP) is 2.78. The Kier molecular flexibility index (Phi) is 6.93. The van der Waals surface area contributed by atoms with Gasteiger partial charge < -0.3 is 10.1 Å². The van der Waals surface area contributed by atoms with Gasteiger partial charge in [0.05, 0.1) is 12.2 Å². The highest BCUT2D eigenvalue weighted by molar-refractivity contribution is 7.97. The molecule has 0 aromatic heterocycles. The second-order valence-electron chi connectivity index (χ2n) is 6.40. The highest BCUT2D eigenvalue weighted by Crippen LogP contribution is 2.14. The first-order valence-corrected chi connectivity index (χ1v) is 9.64. The zero-order valence-corrected chi connectivity index (χ0v) is 15.4. The molecule has 1 aliphatic rings. The van der Waals surface area contributed by atoms with E-state index in [9.17, 15) is 4.79 Å². The Balaban J connectivity index is 1.83. The summed E-state index contributed by atoms with van der Waals surface area (Å²) in [7, 11) is 0. The van der Waals surface area contributed by atoms with Crippen LogP contribution in [0, 0.1) is 0 Å². The van der Waals surface area contributed by atoms with Crippen molar-refractivity contribution in [2.45, 2.75) is 44.8 Å². The van der Waals surface area contributed by atoms with Gasteiger partial charge in [-0.05, 0) is 44.7 Å². The number of amides is 1. The molecule has 1 aromatic carbocycles. The highest BCUT2D eigenvalue weighted by Gasteiger charge is 2.25. The number of nitrogens with one attached hydrogen (secondary N) is 1. The number of thioether (sulfide) groups is 1. The Morgan fingerprint density at radius 2 is 1.91 bits per heavy atom. The van der Waals surface area contributed by atoms with Gasteiger partial charge in [0.25, 0.3) is 5.91 Å². The monoisotopic (exact) mass is 336 g/mol. The van der Waals surface area contributed by atoms with Crippen LogP contribution in [0.25, 0.3) is 0 Å². The predicted molar refractivity (Wildman–Crippen MR) is 97.0 cm³/mol. The van der Waals surface area contributed by atoms with Crippen LogP contribution in [-0.2, 0) is 10.5 Å². The lowest BCUT2D eigenvalue weighted by atomic mass is 10.1. The third kappa shape index (κ3) is 5.52. The molecule has 1 N–H and O–H groups in total. The molecule has 1 fully saturated rings. The molecule has 23 heavy (non-hydrogen) atoms. The van der Waals surface area contributed by atoms with E-state index in [4.69, 9.17) is 4.74 Å². The molecule has 0 bridgehead atoms. The van der Waals surface area contributed by atoms with Gasteiger partial charge in [-0.1, -0.05) is 12.1 Å². The van der Waals surface area contributed by atoms with Gasteiger partial charge in [-0.15, -0.1) is 0 Å². The van der Waals surface area contributed by atoms with Gasteiger partial charge in [-0.3, -0.25) is 9.69 Å². The SMILES string of the molecule is CSCc1ccc(C(=O)NCC(C)N2CC(C)OC(C)C2)cc1. The molecule has 4 nitrogen and oxygen atoms in total. The number of carbonyl (C=O) groups excluding carboxylic acids is 1. The summed E-state index contributed by atoms with van der Waals surface area (Å²) in [6, 6.07) is 8.18. The maximum Gasteiger partial charge on any atom is 0.251 e. The minimum absolute atomic E-state index is 0.00177. The summed E-state index contributed by atoms with van der Waals surface area (Å²) in [5, 5.41) is 3.05. The summed E-state index contributed by atoms with van der Waals surface area (Å²) < 4.78 is 5.76. The largest absolute Gasteiger partial charge is 0.373 e. The van der Waals surface area contributed by atoms with Crippen molar-refractivity contribution in [1.82, 2.24) is 10.2 Å². The lowest BCUT2D eigenvalue weighted by Gasteiger charge is -2.39. The molecule has 1 saturated heterocycles.